The van der Waals surface area contributed by atoms with Gasteiger partial charge in [0, 0.05) is 6.42 Å². The van der Waals surface area contributed by atoms with Gasteiger partial charge in [0.25, 0.3) is 0 Å². The van der Waals surface area contributed by atoms with E-state index in [1.807, 2.05) is 13.8 Å². The van der Waals surface area contributed by atoms with Gasteiger partial charge in [-0.1, -0.05) is 70.9 Å². The number of aliphatic carboxylic acids is 2. The molecular weight excluding hydrogens is 845 g/mol. The summed E-state index contributed by atoms with van der Waals surface area (Å²) in [5, 5.41) is 37.7. The van der Waals surface area contributed by atoms with E-state index in [0.29, 0.717) is 57.2 Å². The summed E-state index contributed by atoms with van der Waals surface area (Å²) in [7, 11) is 0. The van der Waals surface area contributed by atoms with Crippen molar-refractivity contribution in [1.82, 2.24) is 37.2 Å². The Labute approximate surface area is 381 Å². The van der Waals surface area contributed by atoms with Crippen LogP contribution in [0.3, 0.4) is 0 Å². The molecule has 0 heterocycles. The van der Waals surface area contributed by atoms with Gasteiger partial charge in [0.1, 0.15) is 42.5 Å². The van der Waals surface area contributed by atoms with Crippen molar-refractivity contribution in [3.63, 3.8) is 0 Å². The van der Waals surface area contributed by atoms with Gasteiger partial charge >= 0.3 is 11.9 Å². The van der Waals surface area contributed by atoms with Crippen LogP contribution in [0.4, 0.5) is 0 Å². The Balaban J connectivity index is 3.54. The van der Waals surface area contributed by atoms with Crippen LogP contribution in [0.25, 0.3) is 0 Å². The quantitative estimate of drug-likeness (QED) is 0.0261. The van der Waals surface area contributed by atoms with E-state index < -0.39 is 108 Å². The van der Waals surface area contributed by atoms with E-state index in [0.717, 1.165) is 0 Å². The molecule has 0 aromatic heterocycles. The molecular formula is C43H76N12O10. The van der Waals surface area contributed by atoms with Crippen LogP contribution in [-0.4, -0.2) is 126 Å². The highest BCUT2D eigenvalue weighted by Gasteiger charge is 2.35. The first kappa shape index (κ1) is 57.8. The van der Waals surface area contributed by atoms with E-state index >= 15 is 0 Å². The second kappa shape index (κ2) is 31.6. The molecule has 0 fully saturated rings. The smallest absolute Gasteiger partial charge is 0.326 e. The van der Waals surface area contributed by atoms with Crippen molar-refractivity contribution in [1.29, 1.82) is 0 Å². The Morgan fingerprint density at radius 2 is 1.06 bits per heavy atom. The minimum atomic E-state index is -1.74. The minimum Gasteiger partial charge on any atom is -0.481 e. The summed E-state index contributed by atoms with van der Waals surface area (Å²) >= 11 is 0. The van der Waals surface area contributed by atoms with Crippen molar-refractivity contribution >= 4 is 47.4 Å². The van der Waals surface area contributed by atoms with Gasteiger partial charge in [-0.2, -0.15) is 0 Å². The zero-order chi connectivity index (χ0) is 49.1. The number of nitrogens with two attached hydrogens (primary N) is 5. The normalized spacial score (nSPS) is 15.0. The highest BCUT2D eigenvalue weighted by atomic mass is 16.4. The van der Waals surface area contributed by atoms with Gasteiger partial charge in [0.05, 0.1) is 12.5 Å². The van der Waals surface area contributed by atoms with Gasteiger partial charge in [-0.15, -0.1) is 0 Å². The summed E-state index contributed by atoms with van der Waals surface area (Å²) in [6, 6.07) is -0.549. The highest BCUT2D eigenvalue weighted by Crippen LogP contribution is 2.13. The molecule has 0 aliphatic heterocycles. The third-order valence-corrected chi connectivity index (χ3v) is 10.6. The summed E-state index contributed by atoms with van der Waals surface area (Å²) in [6.07, 6.45) is 1.69. The van der Waals surface area contributed by atoms with Crippen LogP contribution in [0.1, 0.15) is 104 Å². The summed E-state index contributed by atoms with van der Waals surface area (Å²) in [5.41, 5.74) is 29.2. The first-order chi connectivity index (χ1) is 30.7. The van der Waals surface area contributed by atoms with E-state index in [2.05, 4.69) is 37.2 Å². The fourth-order valence-electron chi connectivity index (χ4n) is 6.70. The molecule has 1 rings (SSSR count). The van der Waals surface area contributed by atoms with E-state index in [9.17, 15) is 48.6 Å². The first-order valence-corrected chi connectivity index (χ1v) is 22.4. The lowest BCUT2D eigenvalue weighted by Crippen LogP contribution is -2.60. The Kier molecular flexibility index (Phi) is 28.1. The molecule has 1 aromatic rings. The zero-order valence-electron chi connectivity index (χ0n) is 38.3. The van der Waals surface area contributed by atoms with Crippen LogP contribution in [-0.2, 0) is 44.8 Å². The van der Waals surface area contributed by atoms with Gasteiger partial charge in [-0.05, 0) is 88.4 Å². The van der Waals surface area contributed by atoms with Gasteiger partial charge in [-0.3, -0.25) is 38.9 Å². The highest BCUT2D eigenvalue weighted by molar-refractivity contribution is 5.97. The lowest BCUT2D eigenvalue weighted by molar-refractivity contribution is -0.144. The van der Waals surface area contributed by atoms with Crippen molar-refractivity contribution in [3.05, 3.63) is 35.9 Å². The Bertz CT molecular complexity index is 1650. The number of carbonyl (C=O) groups is 8. The largest absolute Gasteiger partial charge is 0.481 e. The van der Waals surface area contributed by atoms with Crippen LogP contribution < -0.4 is 65.9 Å². The molecule has 1 aromatic carbocycles. The van der Waals surface area contributed by atoms with E-state index in [1.54, 1.807) is 44.2 Å². The summed E-state index contributed by atoms with van der Waals surface area (Å²) in [5.74, 6) is -8.27. The maximum absolute atomic E-state index is 14.3. The van der Waals surface area contributed by atoms with Crippen molar-refractivity contribution in [2.75, 3.05) is 19.6 Å². The predicted octanol–water partition coefficient (Wildman–Crippen LogP) is -2.05. The lowest BCUT2D eigenvalue weighted by atomic mass is 9.98. The number of carbonyl (C=O) groups excluding carboxylic acids is 6. The van der Waals surface area contributed by atoms with E-state index in [4.69, 9.17) is 28.7 Å². The molecule has 368 valence electrons. The number of nitrogens with one attached hydrogen (secondary N) is 7. The van der Waals surface area contributed by atoms with E-state index in [1.165, 1.54) is 0 Å². The fourth-order valence-corrected chi connectivity index (χ4v) is 6.70. The van der Waals surface area contributed by atoms with Gasteiger partial charge in [-0.25, -0.2) is 4.79 Å². The molecule has 0 aliphatic rings. The first-order valence-electron chi connectivity index (χ1n) is 22.4. The van der Waals surface area contributed by atoms with Gasteiger partial charge in [0.15, 0.2) is 0 Å². The van der Waals surface area contributed by atoms with Gasteiger partial charge in [0.2, 0.25) is 35.4 Å². The SMILES string of the molecule is CC[C@H](C)[C@H](NC(=O)[C@H](CC(=O)O)NC(=O)[C@H](Cc1ccccc1)NC(=O)[C@H](CCCNC(N)N)NC(=O)[C@H](CC(C)C)NC(=O)[C@H](CCCCN)NC(=O)[C@@H](N)CCCCN)C(=O)O. The number of rotatable bonds is 34. The van der Waals surface area contributed by atoms with Crippen LogP contribution >= 0.6 is 0 Å². The number of hydrogen-bond donors (Lipinski definition) is 14. The van der Waals surface area contributed by atoms with Crippen LogP contribution in [0, 0.1) is 11.8 Å². The Morgan fingerprint density at radius 3 is 1.58 bits per heavy atom. The molecule has 8 atom stereocenters. The van der Waals surface area contributed by atoms with Crippen molar-refractivity contribution < 1.29 is 48.6 Å². The lowest BCUT2D eigenvalue weighted by Gasteiger charge is -2.28. The van der Waals surface area contributed by atoms with Crippen molar-refractivity contribution in [3.8, 4) is 0 Å². The molecule has 0 saturated carbocycles. The number of hydrogen-bond acceptors (Lipinski definition) is 14. The zero-order valence-corrected chi connectivity index (χ0v) is 38.3. The monoisotopic (exact) mass is 921 g/mol. The Morgan fingerprint density at radius 1 is 0.585 bits per heavy atom. The maximum Gasteiger partial charge on any atom is 0.326 e. The van der Waals surface area contributed by atoms with Crippen LogP contribution in [0.15, 0.2) is 30.3 Å². The molecule has 22 heteroatoms. The molecule has 0 saturated heterocycles. The summed E-state index contributed by atoms with van der Waals surface area (Å²) in [6.45, 7) is 7.98. The summed E-state index contributed by atoms with van der Waals surface area (Å²) < 4.78 is 0. The molecule has 19 N–H and O–H groups in total. The molecule has 0 unspecified atom stereocenters. The van der Waals surface area contributed by atoms with E-state index in [-0.39, 0.29) is 44.6 Å². The average molecular weight is 921 g/mol. The number of carboxylic acid groups (broad SMARTS) is 2. The van der Waals surface area contributed by atoms with Gasteiger partial charge < -0.3 is 70.8 Å². The molecule has 0 bridgehead atoms. The summed E-state index contributed by atoms with van der Waals surface area (Å²) in [4.78, 5) is 107. The topological polar surface area (TPSA) is 391 Å². The number of amides is 6. The molecule has 22 nitrogen and oxygen atoms in total. The molecule has 65 heavy (non-hydrogen) atoms. The number of unbranched alkanes of at least 4 members (excludes halogenated alkanes) is 2. The average Bonchev–Trinajstić information content (AvgIpc) is 3.24. The number of benzene rings is 1. The standard InChI is InChI=1S/C43H76N12O10/c1-5-26(4)35(42(64)65)55-41(63)33(24-34(56)57)54-40(62)32(23-27-14-7-6-8-15-27)53-38(60)30(18-13-21-49-43(47)48)51-39(61)31(22-25(2)3)52-37(59)29(17-10-12-20-45)50-36(58)28(46)16-9-11-19-44/h6-8,14-15,25-26,28-33,35,43,49H,5,9-13,16-24,44-48H2,1-4H3,(H,50,58)(H,51,61)(H,52,59)(H,53,60)(H,54,62)(H,55,63)(H,56,57)(H,64,65)/t26-,28-,29-,30-,31-,32-,33-,35-/m0/s1. The molecule has 6 amide bonds. The Hall–Kier alpha value is -5.26. The molecule has 0 aliphatic carbocycles. The molecule has 0 radical (unpaired) electrons. The second-order valence-corrected chi connectivity index (χ2v) is 16.7. The number of carboxylic acids is 2. The van der Waals surface area contributed by atoms with Crippen molar-refractivity contribution in [2.24, 2.45) is 40.5 Å². The fraction of sp³-hybridized carbons (Fsp3) is 0.674. The van der Waals surface area contributed by atoms with Crippen LogP contribution in [0.5, 0.6) is 0 Å². The molecule has 0 spiro atoms. The third-order valence-electron chi connectivity index (χ3n) is 10.6. The third kappa shape index (κ3) is 23.5. The second-order valence-electron chi connectivity index (χ2n) is 16.7. The van der Waals surface area contributed by atoms with Crippen LogP contribution in [0.2, 0.25) is 0 Å². The van der Waals surface area contributed by atoms with Crippen molar-refractivity contribution in [2.45, 2.75) is 153 Å². The minimum absolute atomic E-state index is 0.0185. The predicted molar refractivity (Wildman–Crippen MR) is 244 cm³/mol. The maximum atomic E-state index is 14.3.